The average Bonchev–Trinajstić information content (AvgIpc) is 2.93. The molecule has 0 unspecified atom stereocenters. The summed E-state index contributed by atoms with van der Waals surface area (Å²) in [5, 5.41) is 3.68. The van der Waals surface area contributed by atoms with E-state index < -0.39 is 9.84 Å². The lowest BCUT2D eigenvalue weighted by Crippen LogP contribution is -2.31. The first kappa shape index (κ1) is 18.0. The highest BCUT2D eigenvalue weighted by molar-refractivity contribution is 7.91. The Bertz CT molecular complexity index is 835. The van der Waals surface area contributed by atoms with Gasteiger partial charge in [0.2, 0.25) is 5.91 Å². The van der Waals surface area contributed by atoms with Crippen LogP contribution in [0.15, 0.2) is 54.6 Å². The molecule has 2 atom stereocenters. The molecule has 0 aromatic heterocycles. The summed E-state index contributed by atoms with van der Waals surface area (Å²) in [5.41, 5.74) is 1.90. The smallest absolute Gasteiger partial charge is 0.221 e. The Morgan fingerprint density at radius 3 is 2.32 bits per heavy atom. The third kappa shape index (κ3) is 4.83. The average molecular weight is 378 g/mol. The number of hydrogen-bond acceptors (Lipinski definition) is 3. The molecule has 2 aromatic rings. The number of amides is 1. The molecule has 0 saturated carbocycles. The lowest BCUT2D eigenvalue weighted by molar-refractivity contribution is -0.122. The van der Waals surface area contributed by atoms with Crippen molar-refractivity contribution < 1.29 is 13.2 Å². The molecule has 2 aromatic carbocycles. The molecule has 0 spiro atoms. The van der Waals surface area contributed by atoms with Crippen molar-refractivity contribution in [3.05, 3.63) is 70.7 Å². The van der Waals surface area contributed by atoms with Crippen LogP contribution < -0.4 is 5.32 Å². The van der Waals surface area contributed by atoms with E-state index in [0.29, 0.717) is 11.4 Å². The summed E-state index contributed by atoms with van der Waals surface area (Å²) >= 11 is 5.96. The van der Waals surface area contributed by atoms with E-state index in [1.54, 1.807) is 12.1 Å². The van der Waals surface area contributed by atoms with Crippen LogP contribution in [0.25, 0.3) is 0 Å². The van der Waals surface area contributed by atoms with Crippen LogP contribution in [0, 0.1) is 5.92 Å². The zero-order valence-corrected chi connectivity index (χ0v) is 15.3. The maximum atomic E-state index is 12.5. The Hall–Kier alpha value is -1.85. The van der Waals surface area contributed by atoms with Crippen LogP contribution in [0.1, 0.15) is 30.0 Å². The molecule has 1 amide bonds. The van der Waals surface area contributed by atoms with Gasteiger partial charge in [0.05, 0.1) is 17.5 Å². The van der Waals surface area contributed by atoms with E-state index in [0.717, 1.165) is 11.1 Å². The first-order valence-electron chi connectivity index (χ1n) is 8.23. The zero-order chi connectivity index (χ0) is 17.9. The van der Waals surface area contributed by atoms with Crippen molar-refractivity contribution in [2.24, 2.45) is 5.92 Å². The van der Waals surface area contributed by atoms with E-state index in [1.807, 2.05) is 42.5 Å². The van der Waals surface area contributed by atoms with E-state index in [1.165, 1.54) is 0 Å². The summed E-state index contributed by atoms with van der Waals surface area (Å²) in [6, 6.07) is 16.8. The zero-order valence-electron chi connectivity index (χ0n) is 13.7. The molecule has 0 bridgehead atoms. The predicted molar refractivity (Wildman–Crippen MR) is 99.3 cm³/mol. The second-order valence-electron chi connectivity index (χ2n) is 6.44. The van der Waals surface area contributed by atoms with Gasteiger partial charge < -0.3 is 5.32 Å². The largest absolute Gasteiger partial charge is 0.345 e. The van der Waals surface area contributed by atoms with Gasteiger partial charge >= 0.3 is 0 Å². The molecule has 1 fully saturated rings. The van der Waals surface area contributed by atoms with Crippen LogP contribution in [-0.2, 0) is 14.6 Å². The summed E-state index contributed by atoms with van der Waals surface area (Å²) in [6.07, 6.45) is 0.794. The van der Waals surface area contributed by atoms with Crippen molar-refractivity contribution in [3.63, 3.8) is 0 Å². The Balaban J connectivity index is 1.76. The third-order valence-electron chi connectivity index (χ3n) is 4.44. The molecule has 1 heterocycles. The molecule has 4 nitrogen and oxygen atoms in total. The number of benzene rings is 2. The highest BCUT2D eigenvalue weighted by atomic mass is 35.5. The number of hydrogen-bond donors (Lipinski definition) is 1. The van der Waals surface area contributed by atoms with Gasteiger partial charge in [-0.2, -0.15) is 0 Å². The molecule has 6 heteroatoms. The number of carbonyl (C=O) groups is 1. The Kier molecular flexibility index (Phi) is 5.45. The summed E-state index contributed by atoms with van der Waals surface area (Å²) in [6.45, 7) is 0. The van der Waals surface area contributed by atoms with Crippen LogP contribution in [0.5, 0.6) is 0 Å². The van der Waals surface area contributed by atoms with E-state index in [-0.39, 0.29) is 35.8 Å². The summed E-state index contributed by atoms with van der Waals surface area (Å²) in [5.74, 6) is 0.0688. The van der Waals surface area contributed by atoms with E-state index in [9.17, 15) is 13.2 Å². The third-order valence-corrected chi connectivity index (χ3v) is 6.53. The maximum absolute atomic E-state index is 12.5. The van der Waals surface area contributed by atoms with Crippen LogP contribution in [-0.4, -0.2) is 25.8 Å². The molecule has 3 rings (SSSR count). The van der Waals surface area contributed by atoms with Crippen molar-refractivity contribution >= 4 is 27.3 Å². The monoisotopic (exact) mass is 377 g/mol. The molecule has 1 aliphatic heterocycles. The lowest BCUT2D eigenvalue weighted by Gasteiger charge is -2.21. The Labute approximate surface area is 153 Å². The highest BCUT2D eigenvalue weighted by Crippen LogP contribution is 2.25. The molecule has 0 aliphatic carbocycles. The molecular formula is C19H20ClNO3S. The molecule has 1 saturated heterocycles. The lowest BCUT2D eigenvalue weighted by atomic mass is 9.97. The standard InChI is InChI=1S/C19H20ClNO3S/c20-17-8-6-16(7-9-17)19(15-4-2-1-3-5-15)21-18(22)12-14-10-11-25(23,24)13-14/h1-9,14,19H,10-13H2,(H,21,22)/t14-,19+/m0/s1. The van der Waals surface area contributed by atoms with Crippen LogP contribution in [0.2, 0.25) is 5.02 Å². The van der Waals surface area contributed by atoms with E-state index >= 15 is 0 Å². The SMILES string of the molecule is O=C(C[C@@H]1CCS(=O)(=O)C1)N[C@H](c1ccccc1)c1ccc(Cl)cc1. The minimum absolute atomic E-state index is 0.0911. The normalized spacial score (nSPS) is 20.1. The number of carbonyl (C=O) groups excluding carboxylic acids is 1. The number of rotatable bonds is 5. The molecule has 25 heavy (non-hydrogen) atoms. The van der Waals surface area contributed by atoms with Gasteiger partial charge in [0, 0.05) is 11.4 Å². The number of nitrogens with one attached hydrogen (secondary N) is 1. The molecule has 1 aliphatic rings. The molecular weight excluding hydrogens is 358 g/mol. The van der Waals surface area contributed by atoms with Gasteiger partial charge in [-0.25, -0.2) is 8.42 Å². The highest BCUT2D eigenvalue weighted by Gasteiger charge is 2.30. The van der Waals surface area contributed by atoms with E-state index in [2.05, 4.69) is 5.32 Å². The first-order valence-corrected chi connectivity index (χ1v) is 10.4. The van der Waals surface area contributed by atoms with Crippen molar-refractivity contribution in [2.75, 3.05) is 11.5 Å². The van der Waals surface area contributed by atoms with Gasteiger partial charge in [-0.05, 0) is 35.6 Å². The Morgan fingerprint density at radius 1 is 1.08 bits per heavy atom. The number of halogens is 1. The molecule has 0 radical (unpaired) electrons. The fraction of sp³-hybridized carbons (Fsp3) is 0.316. The van der Waals surface area contributed by atoms with Crippen molar-refractivity contribution in [1.82, 2.24) is 5.32 Å². The quantitative estimate of drug-likeness (QED) is 0.868. The van der Waals surface area contributed by atoms with Crippen LogP contribution >= 0.6 is 11.6 Å². The molecule has 1 N–H and O–H groups in total. The predicted octanol–water partition coefficient (Wildman–Crippen LogP) is 3.37. The molecule has 132 valence electrons. The minimum Gasteiger partial charge on any atom is -0.345 e. The maximum Gasteiger partial charge on any atom is 0.221 e. The number of sulfone groups is 1. The Morgan fingerprint density at radius 2 is 1.72 bits per heavy atom. The summed E-state index contributed by atoms with van der Waals surface area (Å²) in [4.78, 5) is 12.5. The van der Waals surface area contributed by atoms with Gasteiger partial charge in [-0.3, -0.25) is 4.79 Å². The second kappa shape index (κ2) is 7.58. The van der Waals surface area contributed by atoms with Gasteiger partial charge in [0.25, 0.3) is 0 Å². The van der Waals surface area contributed by atoms with Crippen LogP contribution in [0.3, 0.4) is 0 Å². The van der Waals surface area contributed by atoms with Crippen molar-refractivity contribution in [1.29, 1.82) is 0 Å². The van der Waals surface area contributed by atoms with E-state index in [4.69, 9.17) is 11.6 Å². The van der Waals surface area contributed by atoms with Gasteiger partial charge in [0.15, 0.2) is 9.84 Å². The van der Waals surface area contributed by atoms with Gasteiger partial charge in [-0.15, -0.1) is 0 Å². The van der Waals surface area contributed by atoms with Crippen molar-refractivity contribution in [2.45, 2.75) is 18.9 Å². The van der Waals surface area contributed by atoms with Gasteiger partial charge in [0.1, 0.15) is 0 Å². The minimum atomic E-state index is -2.97. The van der Waals surface area contributed by atoms with Gasteiger partial charge in [-0.1, -0.05) is 54.1 Å². The first-order chi connectivity index (χ1) is 11.9. The van der Waals surface area contributed by atoms with Crippen molar-refractivity contribution in [3.8, 4) is 0 Å². The second-order valence-corrected chi connectivity index (χ2v) is 9.10. The van der Waals surface area contributed by atoms with Crippen LogP contribution in [0.4, 0.5) is 0 Å². The fourth-order valence-corrected chi connectivity index (χ4v) is 5.16. The fourth-order valence-electron chi connectivity index (χ4n) is 3.17. The topological polar surface area (TPSA) is 63.2 Å². The summed E-state index contributed by atoms with van der Waals surface area (Å²) < 4.78 is 23.2. The summed E-state index contributed by atoms with van der Waals surface area (Å²) in [7, 11) is -2.97.